The van der Waals surface area contributed by atoms with Gasteiger partial charge in [-0.25, -0.2) is 13.2 Å². The summed E-state index contributed by atoms with van der Waals surface area (Å²) >= 11 is 5.95. The van der Waals surface area contributed by atoms with Crippen LogP contribution < -0.4 is 0 Å². The monoisotopic (exact) mass is 435 g/mol. The van der Waals surface area contributed by atoms with Gasteiger partial charge in [-0.1, -0.05) is 43.5 Å². The number of ether oxygens (including phenoxy) is 1. The van der Waals surface area contributed by atoms with Crippen LogP contribution in [0.5, 0.6) is 0 Å². The molecule has 0 aromatic heterocycles. The molecule has 0 bridgehead atoms. The molecule has 2 unspecified atom stereocenters. The minimum absolute atomic E-state index is 0.0558. The SMILES string of the molecule is COC(=O)c1ccc(CN(C2CCCC(C)C2)S(=O)(=O)c2ccc(Cl)cc2)cc1. The Kier molecular flexibility index (Phi) is 6.98. The quantitative estimate of drug-likeness (QED) is 0.605. The third-order valence-corrected chi connectivity index (χ3v) is 7.61. The van der Waals surface area contributed by atoms with Crippen molar-refractivity contribution >= 4 is 27.6 Å². The summed E-state index contributed by atoms with van der Waals surface area (Å²) in [5, 5.41) is 0.500. The van der Waals surface area contributed by atoms with E-state index in [1.54, 1.807) is 52.8 Å². The van der Waals surface area contributed by atoms with Crippen LogP contribution in [0.2, 0.25) is 5.02 Å². The van der Waals surface area contributed by atoms with Gasteiger partial charge in [0.1, 0.15) is 0 Å². The maximum absolute atomic E-state index is 13.5. The van der Waals surface area contributed by atoms with E-state index in [1.807, 2.05) is 0 Å². The van der Waals surface area contributed by atoms with Gasteiger partial charge in [0.15, 0.2) is 0 Å². The van der Waals surface area contributed by atoms with Gasteiger partial charge in [0.05, 0.1) is 17.6 Å². The van der Waals surface area contributed by atoms with Crippen molar-refractivity contribution in [2.24, 2.45) is 5.92 Å². The molecule has 0 heterocycles. The van der Waals surface area contributed by atoms with E-state index in [2.05, 4.69) is 6.92 Å². The van der Waals surface area contributed by atoms with Gasteiger partial charge in [0.25, 0.3) is 0 Å². The number of rotatable bonds is 6. The van der Waals surface area contributed by atoms with Crippen molar-refractivity contribution in [2.75, 3.05) is 7.11 Å². The second-order valence-electron chi connectivity index (χ2n) is 7.62. The van der Waals surface area contributed by atoms with Crippen LogP contribution in [0.4, 0.5) is 0 Å². The molecule has 3 rings (SSSR count). The molecule has 156 valence electrons. The lowest BCUT2D eigenvalue weighted by molar-refractivity contribution is 0.0600. The van der Waals surface area contributed by atoms with Crippen LogP contribution in [0.15, 0.2) is 53.4 Å². The van der Waals surface area contributed by atoms with Gasteiger partial charge < -0.3 is 4.74 Å². The van der Waals surface area contributed by atoms with Gasteiger partial charge in [0.2, 0.25) is 10.0 Å². The van der Waals surface area contributed by atoms with E-state index < -0.39 is 16.0 Å². The Hall–Kier alpha value is -1.89. The lowest BCUT2D eigenvalue weighted by Crippen LogP contribution is -2.42. The van der Waals surface area contributed by atoms with Crippen molar-refractivity contribution in [3.05, 3.63) is 64.7 Å². The van der Waals surface area contributed by atoms with Crippen LogP contribution in [-0.2, 0) is 21.3 Å². The number of esters is 1. The first-order chi connectivity index (χ1) is 13.8. The standard InChI is InChI=1S/C22H26ClNO4S/c1-16-4-3-5-20(14-16)24(29(26,27)21-12-10-19(23)11-13-21)15-17-6-8-18(9-7-17)22(25)28-2/h6-13,16,20H,3-5,14-15H2,1-2H3. The van der Waals surface area contributed by atoms with Gasteiger partial charge in [-0.2, -0.15) is 4.31 Å². The summed E-state index contributed by atoms with van der Waals surface area (Å²) in [4.78, 5) is 11.9. The van der Waals surface area contributed by atoms with Crippen molar-refractivity contribution in [1.82, 2.24) is 4.31 Å². The molecule has 1 saturated carbocycles. The predicted molar refractivity (Wildman–Crippen MR) is 113 cm³/mol. The fourth-order valence-corrected chi connectivity index (χ4v) is 5.64. The molecular weight excluding hydrogens is 410 g/mol. The number of halogens is 1. The van der Waals surface area contributed by atoms with Gasteiger partial charge in [-0.15, -0.1) is 0 Å². The van der Waals surface area contributed by atoms with Gasteiger partial charge >= 0.3 is 5.97 Å². The number of benzene rings is 2. The van der Waals surface area contributed by atoms with Crippen LogP contribution >= 0.6 is 11.6 Å². The average Bonchev–Trinajstić information content (AvgIpc) is 2.72. The van der Waals surface area contributed by atoms with Crippen LogP contribution in [0.1, 0.15) is 48.5 Å². The fourth-order valence-electron chi connectivity index (χ4n) is 3.86. The number of carbonyl (C=O) groups is 1. The highest BCUT2D eigenvalue weighted by molar-refractivity contribution is 7.89. The summed E-state index contributed by atoms with van der Waals surface area (Å²) in [5.41, 5.74) is 1.27. The number of methoxy groups -OCH3 is 1. The van der Waals surface area contributed by atoms with Crippen molar-refractivity contribution in [3.63, 3.8) is 0 Å². The maximum Gasteiger partial charge on any atom is 0.337 e. The zero-order valence-corrected chi connectivity index (χ0v) is 18.2. The summed E-state index contributed by atoms with van der Waals surface area (Å²) in [7, 11) is -2.35. The average molecular weight is 436 g/mol. The molecule has 2 aromatic carbocycles. The fraction of sp³-hybridized carbons (Fsp3) is 0.409. The largest absolute Gasteiger partial charge is 0.465 e. The molecule has 29 heavy (non-hydrogen) atoms. The molecule has 0 N–H and O–H groups in total. The normalized spacial score (nSPS) is 19.9. The number of hydrogen-bond donors (Lipinski definition) is 0. The zero-order chi connectivity index (χ0) is 21.0. The van der Waals surface area contributed by atoms with Gasteiger partial charge in [0, 0.05) is 17.6 Å². The molecule has 0 aliphatic heterocycles. The Morgan fingerprint density at radius 2 is 1.76 bits per heavy atom. The van der Waals surface area contributed by atoms with Gasteiger partial charge in [-0.3, -0.25) is 0 Å². The first-order valence-electron chi connectivity index (χ1n) is 9.76. The van der Waals surface area contributed by atoms with Crippen molar-refractivity contribution < 1.29 is 17.9 Å². The first-order valence-corrected chi connectivity index (χ1v) is 11.6. The van der Waals surface area contributed by atoms with Crippen LogP contribution in [0.3, 0.4) is 0 Å². The minimum atomic E-state index is -3.69. The molecule has 0 amide bonds. The minimum Gasteiger partial charge on any atom is -0.465 e. The van der Waals surface area contributed by atoms with E-state index >= 15 is 0 Å². The van der Waals surface area contributed by atoms with E-state index in [9.17, 15) is 13.2 Å². The van der Waals surface area contributed by atoms with E-state index in [-0.39, 0.29) is 17.5 Å². The van der Waals surface area contributed by atoms with Crippen molar-refractivity contribution in [2.45, 2.75) is 50.1 Å². The molecule has 0 saturated heterocycles. The molecular formula is C22H26ClNO4S. The van der Waals surface area contributed by atoms with E-state index in [4.69, 9.17) is 16.3 Å². The number of carbonyl (C=O) groups excluding carboxylic acids is 1. The molecule has 1 aliphatic carbocycles. The smallest absolute Gasteiger partial charge is 0.337 e. The highest BCUT2D eigenvalue weighted by Crippen LogP contribution is 2.32. The Balaban J connectivity index is 1.92. The molecule has 7 heteroatoms. The second kappa shape index (κ2) is 9.28. The highest BCUT2D eigenvalue weighted by atomic mass is 35.5. The third-order valence-electron chi connectivity index (χ3n) is 5.45. The molecule has 0 radical (unpaired) electrons. The summed E-state index contributed by atoms with van der Waals surface area (Å²) in [6, 6.07) is 13.1. The Morgan fingerprint density at radius 1 is 1.10 bits per heavy atom. The molecule has 5 nitrogen and oxygen atoms in total. The number of hydrogen-bond acceptors (Lipinski definition) is 4. The van der Waals surface area contributed by atoms with Gasteiger partial charge in [-0.05, 0) is 60.7 Å². The second-order valence-corrected chi connectivity index (χ2v) is 9.95. The predicted octanol–water partition coefficient (Wildman–Crippen LogP) is 4.90. The lowest BCUT2D eigenvalue weighted by Gasteiger charge is -2.36. The summed E-state index contributed by atoms with van der Waals surface area (Å²) in [6.45, 7) is 2.42. The molecule has 0 spiro atoms. The number of sulfonamides is 1. The van der Waals surface area contributed by atoms with Crippen molar-refractivity contribution in [1.29, 1.82) is 0 Å². The summed E-state index contributed by atoms with van der Waals surface area (Å²) in [6.07, 6.45) is 3.82. The maximum atomic E-state index is 13.5. The lowest BCUT2D eigenvalue weighted by atomic mass is 9.87. The van der Waals surface area contributed by atoms with Crippen LogP contribution in [-0.4, -0.2) is 31.8 Å². The van der Waals surface area contributed by atoms with E-state index in [0.29, 0.717) is 16.5 Å². The Labute approximate surface area is 177 Å². The van der Waals surface area contributed by atoms with E-state index in [1.165, 1.54) is 7.11 Å². The van der Waals surface area contributed by atoms with E-state index in [0.717, 1.165) is 31.2 Å². The van der Waals surface area contributed by atoms with Crippen LogP contribution in [0.25, 0.3) is 0 Å². The van der Waals surface area contributed by atoms with Crippen molar-refractivity contribution in [3.8, 4) is 0 Å². The highest BCUT2D eigenvalue weighted by Gasteiger charge is 2.34. The summed E-state index contributed by atoms with van der Waals surface area (Å²) in [5.74, 6) is 0.0710. The third kappa shape index (κ3) is 5.18. The Morgan fingerprint density at radius 3 is 2.34 bits per heavy atom. The molecule has 1 aliphatic rings. The molecule has 1 fully saturated rings. The molecule has 2 atom stereocenters. The molecule has 2 aromatic rings. The first kappa shape index (κ1) is 21.8. The number of nitrogens with zero attached hydrogens (tertiary/aromatic N) is 1. The zero-order valence-electron chi connectivity index (χ0n) is 16.7. The summed E-state index contributed by atoms with van der Waals surface area (Å²) < 4.78 is 33.3. The topological polar surface area (TPSA) is 63.7 Å². The van der Waals surface area contributed by atoms with Crippen LogP contribution in [0, 0.1) is 5.92 Å². The Bertz CT molecular complexity index is 942.